The second-order valence-corrected chi connectivity index (χ2v) is 8.08. The highest BCUT2D eigenvalue weighted by atomic mass is 15.6. The molecule has 2 aromatic carbocycles. The number of hydrogen-bond acceptors (Lipinski definition) is 4. The van der Waals surface area contributed by atoms with E-state index in [4.69, 9.17) is 0 Å². The maximum atomic E-state index is 4.56. The van der Waals surface area contributed by atoms with E-state index in [0.29, 0.717) is 6.04 Å². The summed E-state index contributed by atoms with van der Waals surface area (Å²) in [5.41, 5.74) is 4.16. The number of rotatable bonds is 4. The van der Waals surface area contributed by atoms with Crippen LogP contribution in [0.1, 0.15) is 66.7 Å². The Balaban J connectivity index is 1.53. The lowest BCUT2D eigenvalue weighted by atomic mass is 9.94. The topological polar surface area (TPSA) is 46.8 Å². The molecule has 0 saturated heterocycles. The zero-order valence-corrected chi connectivity index (χ0v) is 16.2. The number of nitrogens with zero attached hydrogens (tertiary/aromatic N) is 5. The normalized spacial score (nSPS) is 19.3. The molecule has 144 valence electrons. The van der Waals surface area contributed by atoms with E-state index in [9.17, 15) is 0 Å². The molecule has 0 unspecified atom stereocenters. The molecule has 5 nitrogen and oxygen atoms in total. The van der Waals surface area contributed by atoms with Gasteiger partial charge in [-0.25, -0.2) is 4.68 Å². The number of fused-ring (bicyclic) bond motifs is 1. The van der Waals surface area contributed by atoms with Gasteiger partial charge in [0, 0.05) is 13.1 Å². The Morgan fingerprint density at radius 1 is 0.857 bits per heavy atom. The molecule has 2 heterocycles. The lowest BCUT2D eigenvalue weighted by molar-refractivity contribution is 0.188. The lowest BCUT2D eigenvalue weighted by Crippen LogP contribution is -2.36. The summed E-state index contributed by atoms with van der Waals surface area (Å²) in [5.74, 6) is 0.998. The third-order valence-corrected chi connectivity index (χ3v) is 6.32. The molecule has 1 saturated carbocycles. The molecule has 0 amide bonds. The largest absolute Gasteiger partial charge is 0.285 e. The predicted molar refractivity (Wildman–Crippen MR) is 109 cm³/mol. The summed E-state index contributed by atoms with van der Waals surface area (Å²) in [4.78, 5) is 2.54. The summed E-state index contributed by atoms with van der Waals surface area (Å²) in [6.07, 6.45) is 7.32. The van der Waals surface area contributed by atoms with Crippen LogP contribution in [0.25, 0.3) is 0 Å². The van der Waals surface area contributed by atoms with Gasteiger partial charge in [0.2, 0.25) is 0 Å². The fraction of sp³-hybridized carbons (Fsp3) is 0.435. The zero-order valence-electron chi connectivity index (χ0n) is 16.2. The van der Waals surface area contributed by atoms with Gasteiger partial charge < -0.3 is 0 Å². The SMILES string of the molecule is c1ccc([C@@H](c2nnnn2C2CCCCC2)N2CCc3ccccc3C2)cc1. The van der Waals surface area contributed by atoms with Crippen LogP contribution in [0.4, 0.5) is 0 Å². The summed E-state index contributed by atoms with van der Waals surface area (Å²) in [5, 5.41) is 13.1. The molecule has 1 aliphatic carbocycles. The first kappa shape index (κ1) is 17.6. The third-order valence-electron chi connectivity index (χ3n) is 6.32. The standard InChI is InChI=1S/C23H27N5/c1-3-10-19(11-4-1)22(27-16-15-18-9-7-8-12-20(18)17-27)23-24-25-26-28(23)21-13-5-2-6-14-21/h1,3-4,7-12,21-22H,2,5-6,13-17H2/t22-/m0/s1. The highest BCUT2D eigenvalue weighted by molar-refractivity contribution is 5.31. The average Bonchev–Trinajstić information content (AvgIpc) is 3.25. The summed E-state index contributed by atoms with van der Waals surface area (Å²) < 4.78 is 2.14. The fourth-order valence-electron chi connectivity index (χ4n) is 4.86. The van der Waals surface area contributed by atoms with E-state index in [1.807, 2.05) is 0 Å². The van der Waals surface area contributed by atoms with Gasteiger partial charge in [-0.1, -0.05) is 73.9 Å². The Morgan fingerprint density at radius 2 is 1.61 bits per heavy atom. The smallest absolute Gasteiger partial charge is 0.173 e. The van der Waals surface area contributed by atoms with E-state index >= 15 is 0 Å². The van der Waals surface area contributed by atoms with Gasteiger partial charge >= 0.3 is 0 Å². The van der Waals surface area contributed by atoms with E-state index in [-0.39, 0.29) is 6.04 Å². The van der Waals surface area contributed by atoms with Crippen molar-refractivity contribution in [3.05, 3.63) is 77.1 Å². The molecule has 1 atom stereocenters. The average molecular weight is 374 g/mol. The summed E-state index contributed by atoms with van der Waals surface area (Å²) in [7, 11) is 0. The number of benzene rings is 2. The second-order valence-electron chi connectivity index (χ2n) is 8.08. The van der Waals surface area contributed by atoms with Crippen molar-refractivity contribution < 1.29 is 0 Å². The molecule has 1 fully saturated rings. The quantitative estimate of drug-likeness (QED) is 0.683. The van der Waals surface area contributed by atoms with E-state index in [1.165, 1.54) is 48.8 Å². The monoisotopic (exact) mass is 373 g/mol. The predicted octanol–water partition coefficient (Wildman–Crippen LogP) is 4.33. The van der Waals surface area contributed by atoms with Crippen LogP contribution < -0.4 is 0 Å². The molecule has 0 spiro atoms. The Morgan fingerprint density at radius 3 is 2.43 bits per heavy atom. The van der Waals surface area contributed by atoms with Gasteiger partial charge in [0.05, 0.1) is 12.1 Å². The molecular weight excluding hydrogens is 346 g/mol. The van der Waals surface area contributed by atoms with Crippen LogP contribution in [0.2, 0.25) is 0 Å². The van der Waals surface area contributed by atoms with E-state index < -0.39 is 0 Å². The molecule has 0 N–H and O–H groups in total. The molecular formula is C23H27N5. The first-order valence-electron chi connectivity index (χ1n) is 10.5. The van der Waals surface area contributed by atoms with E-state index in [2.05, 4.69) is 79.7 Å². The van der Waals surface area contributed by atoms with Gasteiger partial charge in [-0.05, 0) is 46.4 Å². The van der Waals surface area contributed by atoms with Crippen LogP contribution in [-0.4, -0.2) is 31.7 Å². The van der Waals surface area contributed by atoms with Gasteiger partial charge in [-0.3, -0.25) is 4.90 Å². The zero-order chi connectivity index (χ0) is 18.8. The van der Waals surface area contributed by atoms with Crippen LogP contribution in [0.3, 0.4) is 0 Å². The maximum absolute atomic E-state index is 4.56. The molecule has 5 heteroatoms. The molecule has 28 heavy (non-hydrogen) atoms. The van der Waals surface area contributed by atoms with Crippen molar-refractivity contribution >= 4 is 0 Å². The Hall–Kier alpha value is -2.53. The first-order valence-corrected chi connectivity index (χ1v) is 10.5. The maximum Gasteiger partial charge on any atom is 0.173 e. The van der Waals surface area contributed by atoms with Gasteiger partial charge in [-0.2, -0.15) is 0 Å². The first-order chi connectivity index (χ1) is 13.9. The van der Waals surface area contributed by atoms with Crippen LogP contribution in [0.15, 0.2) is 54.6 Å². The van der Waals surface area contributed by atoms with Crippen LogP contribution in [0.5, 0.6) is 0 Å². The molecule has 2 aliphatic rings. The highest BCUT2D eigenvalue weighted by Gasteiger charge is 2.32. The minimum Gasteiger partial charge on any atom is -0.285 e. The molecule has 3 aromatic rings. The minimum atomic E-state index is 0.0893. The van der Waals surface area contributed by atoms with E-state index in [1.54, 1.807) is 0 Å². The number of hydrogen-bond donors (Lipinski definition) is 0. The minimum absolute atomic E-state index is 0.0893. The summed E-state index contributed by atoms with van der Waals surface area (Å²) >= 11 is 0. The van der Waals surface area contributed by atoms with Crippen molar-refractivity contribution in [1.29, 1.82) is 0 Å². The molecule has 0 bridgehead atoms. The van der Waals surface area contributed by atoms with Crippen molar-refractivity contribution in [2.24, 2.45) is 0 Å². The number of tetrazole rings is 1. The molecule has 1 aromatic heterocycles. The van der Waals surface area contributed by atoms with Crippen molar-refractivity contribution in [2.75, 3.05) is 6.54 Å². The van der Waals surface area contributed by atoms with Crippen molar-refractivity contribution in [2.45, 2.75) is 57.2 Å². The van der Waals surface area contributed by atoms with Crippen molar-refractivity contribution in [1.82, 2.24) is 25.1 Å². The van der Waals surface area contributed by atoms with Crippen LogP contribution >= 0.6 is 0 Å². The van der Waals surface area contributed by atoms with Crippen LogP contribution in [0, 0.1) is 0 Å². The van der Waals surface area contributed by atoms with Crippen molar-refractivity contribution in [3.63, 3.8) is 0 Å². The molecule has 5 rings (SSSR count). The van der Waals surface area contributed by atoms with Crippen molar-refractivity contribution in [3.8, 4) is 0 Å². The summed E-state index contributed by atoms with van der Waals surface area (Å²) in [6, 6.07) is 20.1. The van der Waals surface area contributed by atoms with Crippen LogP contribution in [-0.2, 0) is 13.0 Å². The fourth-order valence-corrected chi connectivity index (χ4v) is 4.86. The van der Waals surface area contributed by atoms with Gasteiger partial charge in [0.1, 0.15) is 0 Å². The summed E-state index contributed by atoms with van der Waals surface area (Å²) in [6.45, 7) is 1.96. The van der Waals surface area contributed by atoms with Gasteiger partial charge in [-0.15, -0.1) is 5.10 Å². The number of aromatic nitrogens is 4. The Labute approximate surface area is 166 Å². The third kappa shape index (κ3) is 3.35. The van der Waals surface area contributed by atoms with E-state index in [0.717, 1.165) is 25.3 Å². The van der Waals surface area contributed by atoms with Gasteiger partial charge in [0.25, 0.3) is 0 Å². The highest BCUT2D eigenvalue weighted by Crippen LogP contribution is 2.35. The lowest BCUT2D eigenvalue weighted by Gasteiger charge is -2.36. The molecule has 1 aliphatic heterocycles. The molecule has 0 radical (unpaired) electrons. The Bertz CT molecular complexity index is 914. The van der Waals surface area contributed by atoms with Gasteiger partial charge in [0.15, 0.2) is 5.82 Å². The Kier molecular flexibility index (Phi) is 4.92. The second kappa shape index (κ2) is 7.84.